The number of aromatic nitrogens is 5. The van der Waals surface area contributed by atoms with E-state index in [4.69, 9.17) is 0 Å². The fraction of sp³-hybridized carbons (Fsp3) is 0. The molecule has 4 heterocycles. The molecule has 0 fully saturated rings. The minimum Gasteiger partial charge on any atom is -0.345 e. The van der Waals surface area contributed by atoms with Crippen LogP contribution in [0.1, 0.15) is 0 Å². The molecule has 19 heavy (non-hydrogen) atoms. The summed E-state index contributed by atoms with van der Waals surface area (Å²) in [6, 6.07) is 1.47. The molecule has 0 aliphatic rings. The van der Waals surface area contributed by atoms with Crippen molar-refractivity contribution in [3.8, 4) is 11.1 Å². The number of H-pyrrole nitrogens is 1. The molecule has 0 amide bonds. The van der Waals surface area contributed by atoms with Gasteiger partial charge in [-0.25, -0.2) is 19.3 Å². The van der Waals surface area contributed by atoms with Crippen LogP contribution in [0.2, 0.25) is 0 Å². The first-order chi connectivity index (χ1) is 9.33. The molecule has 0 unspecified atom stereocenters. The summed E-state index contributed by atoms with van der Waals surface area (Å²) in [6.07, 6.45) is 10.1. The van der Waals surface area contributed by atoms with E-state index in [2.05, 4.69) is 19.9 Å². The van der Waals surface area contributed by atoms with Crippen LogP contribution < -0.4 is 0 Å². The second-order valence-electron chi connectivity index (χ2n) is 4.22. The number of hydrogen-bond acceptors (Lipinski definition) is 3. The number of nitrogens with one attached hydrogen (secondary N) is 1. The Kier molecular flexibility index (Phi) is 1.94. The van der Waals surface area contributed by atoms with Gasteiger partial charge in [-0.3, -0.25) is 0 Å². The van der Waals surface area contributed by atoms with E-state index in [1.54, 1.807) is 29.2 Å². The molecule has 0 aliphatic heterocycles. The Labute approximate surface area is 106 Å². The molecule has 6 heteroatoms. The summed E-state index contributed by atoms with van der Waals surface area (Å²) in [5.74, 6) is -0.353. The number of fused-ring (bicyclic) bond motifs is 2. The van der Waals surface area contributed by atoms with Crippen LogP contribution >= 0.6 is 0 Å². The van der Waals surface area contributed by atoms with Crippen LogP contribution in [0.4, 0.5) is 4.39 Å². The molecule has 0 aliphatic carbocycles. The molecule has 0 aromatic carbocycles. The van der Waals surface area contributed by atoms with E-state index in [0.29, 0.717) is 5.65 Å². The molecular weight excluding hydrogens is 245 g/mol. The average Bonchev–Trinajstić information content (AvgIpc) is 3.04. The van der Waals surface area contributed by atoms with Gasteiger partial charge < -0.3 is 9.38 Å². The quantitative estimate of drug-likeness (QED) is 0.566. The molecule has 4 aromatic rings. The van der Waals surface area contributed by atoms with Gasteiger partial charge in [-0.2, -0.15) is 0 Å². The van der Waals surface area contributed by atoms with Crippen molar-refractivity contribution in [2.45, 2.75) is 0 Å². The van der Waals surface area contributed by atoms with Gasteiger partial charge in [0, 0.05) is 47.5 Å². The molecule has 4 rings (SSSR count). The van der Waals surface area contributed by atoms with Gasteiger partial charge in [0.2, 0.25) is 0 Å². The lowest BCUT2D eigenvalue weighted by Crippen LogP contribution is -1.90. The first-order valence-electron chi connectivity index (χ1n) is 5.72. The third-order valence-electron chi connectivity index (χ3n) is 3.11. The zero-order chi connectivity index (χ0) is 12.8. The fourth-order valence-corrected chi connectivity index (χ4v) is 2.24. The Hall–Kier alpha value is -2.76. The Balaban J connectivity index is 2.03. The van der Waals surface area contributed by atoms with Gasteiger partial charge >= 0.3 is 0 Å². The van der Waals surface area contributed by atoms with Gasteiger partial charge in [0.25, 0.3) is 0 Å². The highest BCUT2D eigenvalue weighted by Crippen LogP contribution is 2.28. The smallest absolute Gasteiger partial charge is 0.173 e. The van der Waals surface area contributed by atoms with Crippen LogP contribution in [0.15, 0.2) is 43.4 Å². The van der Waals surface area contributed by atoms with E-state index >= 15 is 0 Å². The molecular formula is C13H8FN5. The van der Waals surface area contributed by atoms with Gasteiger partial charge in [0.05, 0.1) is 0 Å². The maximum Gasteiger partial charge on any atom is 0.173 e. The molecule has 0 atom stereocenters. The monoisotopic (exact) mass is 253 g/mol. The largest absolute Gasteiger partial charge is 0.345 e. The van der Waals surface area contributed by atoms with Crippen molar-refractivity contribution in [2.24, 2.45) is 0 Å². The topological polar surface area (TPSA) is 58.9 Å². The average molecular weight is 253 g/mol. The Morgan fingerprint density at radius 1 is 1.26 bits per heavy atom. The molecule has 0 bridgehead atoms. The van der Waals surface area contributed by atoms with E-state index in [9.17, 15) is 4.39 Å². The molecule has 0 radical (unpaired) electrons. The summed E-state index contributed by atoms with van der Waals surface area (Å²) in [7, 11) is 0. The number of hydrogen-bond donors (Lipinski definition) is 1. The minimum atomic E-state index is -0.353. The van der Waals surface area contributed by atoms with Crippen LogP contribution in [0.25, 0.3) is 27.8 Å². The second-order valence-corrected chi connectivity index (χ2v) is 4.22. The van der Waals surface area contributed by atoms with Gasteiger partial charge in [-0.15, -0.1) is 0 Å². The highest BCUT2D eigenvalue weighted by molar-refractivity contribution is 5.92. The highest BCUT2D eigenvalue weighted by atomic mass is 19.1. The summed E-state index contributed by atoms with van der Waals surface area (Å²) in [4.78, 5) is 15.1. The van der Waals surface area contributed by atoms with Crippen LogP contribution in [0.5, 0.6) is 0 Å². The molecule has 5 nitrogen and oxygen atoms in total. The lowest BCUT2D eigenvalue weighted by molar-refractivity contribution is 0.630. The van der Waals surface area contributed by atoms with Crippen LogP contribution in [0.3, 0.4) is 0 Å². The molecule has 1 N–H and O–H groups in total. The van der Waals surface area contributed by atoms with E-state index < -0.39 is 0 Å². The van der Waals surface area contributed by atoms with Crippen LogP contribution in [-0.2, 0) is 0 Å². The van der Waals surface area contributed by atoms with Crippen molar-refractivity contribution in [1.82, 2.24) is 24.3 Å². The van der Waals surface area contributed by atoms with E-state index in [1.807, 2.05) is 6.20 Å². The number of pyridine rings is 1. The normalized spacial score (nSPS) is 11.4. The highest BCUT2D eigenvalue weighted by Gasteiger charge is 2.11. The second kappa shape index (κ2) is 3.61. The van der Waals surface area contributed by atoms with Crippen LogP contribution in [-0.4, -0.2) is 24.3 Å². The number of aromatic amines is 1. The zero-order valence-electron chi connectivity index (χ0n) is 9.71. The van der Waals surface area contributed by atoms with Crippen LogP contribution in [0, 0.1) is 5.82 Å². The number of halogens is 1. The van der Waals surface area contributed by atoms with Gasteiger partial charge in [-0.1, -0.05) is 0 Å². The van der Waals surface area contributed by atoms with Crippen molar-refractivity contribution in [2.75, 3.05) is 0 Å². The molecule has 0 spiro atoms. The maximum absolute atomic E-state index is 13.9. The summed E-state index contributed by atoms with van der Waals surface area (Å²) >= 11 is 0. The Morgan fingerprint density at radius 3 is 3.16 bits per heavy atom. The summed E-state index contributed by atoms with van der Waals surface area (Å²) in [5.41, 5.74) is 2.67. The predicted molar refractivity (Wildman–Crippen MR) is 68.0 cm³/mol. The third-order valence-corrected chi connectivity index (χ3v) is 3.11. The van der Waals surface area contributed by atoms with Crippen molar-refractivity contribution < 1.29 is 4.39 Å². The molecule has 92 valence electrons. The van der Waals surface area contributed by atoms with Gasteiger partial charge in [0.15, 0.2) is 11.5 Å². The van der Waals surface area contributed by atoms with E-state index in [0.717, 1.165) is 22.2 Å². The van der Waals surface area contributed by atoms with Crippen molar-refractivity contribution in [3.05, 3.63) is 49.2 Å². The predicted octanol–water partition coefficient (Wildman–Crippen LogP) is 2.41. The Morgan fingerprint density at radius 2 is 2.21 bits per heavy atom. The standard InChI is InChI=1S/C13H8FN5/c14-11-3-8(6-19-2-1-16-13(11)19)9-5-17-12-10(9)4-15-7-18-12/h1-7H,(H,15,17,18). The number of imidazole rings is 1. The third kappa shape index (κ3) is 1.43. The minimum absolute atomic E-state index is 0.319. The lowest BCUT2D eigenvalue weighted by Gasteiger charge is -2.02. The molecule has 0 saturated carbocycles. The van der Waals surface area contributed by atoms with Gasteiger partial charge in [0.1, 0.15) is 12.0 Å². The Bertz CT molecular complexity index is 892. The van der Waals surface area contributed by atoms with Crippen molar-refractivity contribution >= 4 is 16.7 Å². The van der Waals surface area contributed by atoms with E-state index in [-0.39, 0.29) is 5.82 Å². The summed E-state index contributed by atoms with van der Waals surface area (Å²) in [6.45, 7) is 0. The van der Waals surface area contributed by atoms with Gasteiger partial charge in [-0.05, 0) is 6.07 Å². The SMILES string of the molecule is Fc1cc(-c2c[nH]c3ncncc23)cn2ccnc12. The number of nitrogens with zero attached hydrogens (tertiary/aromatic N) is 4. The lowest BCUT2D eigenvalue weighted by atomic mass is 10.1. The molecule has 4 aromatic heterocycles. The first kappa shape index (κ1) is 10.2. The maximum atomic E-state index is 13.9. The molecule has 0 saturated heterocycles. The first-order valence-corrected chi connectivity index (χ1v) is 5.72. The zero-order valence-corrected chi connectivity index (χ0v) is 9.71. The summed E-state index contributed by atoms with van der Waals surface area (Å²) in [5, 5.41) is 0.862. The van der Waals surface area contributed by atoms with E-state index in [1.165, 1.54) is 12.4 Å². The van der Waals surface area contributed by atoms with Crippen molar-refractivity contribution in [3.63, 3.8) is 0 Å². The summed E-state index contributed by atoms with van der Waals surface area (Å²) < 4.78 is 15.6. The number of rotatable bonds is 1. The fourth-order valence-electron chi connectivity index (χ4n) is 2.24. The van der Waals surface area contributed by atoms with Crippen molar-refractivity contribution in [1.29, 1.82) is 0 Å².